The van der Waals surface area contributed by atoms with Crippen molar-refractivity contribution >= 4 is 47.6 Å². The highest BCUT2D eigenvalue weighted by atomic mass is 35.5. The molecule has 1 amide bonds. The molecule has 0 aromatic carbocycles. The van der Waals surface area contributed by atoms with Gasteiger partial charge in [-0.2, -0.15) is 5.10 Å². The number of anilines is 1. The standard InChI is InChI=1S/C19H29N7O.2ClH/c1-14-22-18-16(13-21-24(18)2)19(23-14)26-11-9-25(10-12-26)17(27)4-3-15-5-7-20-8-6-15;;/h13,15,20H,3-12H2,1-2H3;2*1H. The lowest BCUT2D eigenvalue weighted by molar-refractivity contribution is -0.131. The van der Waals surface area contributed by atoms with Crippen molar-refractivity contribution in [2.45, 2.75) is 32.6 Å². The van der Waals surface area contributed by atoms with Crippen LogP contribution in [0.2, 0.25) is 0 Å². The smallest absolute Gasteiger partial charge is 0.222 e. The number of halogens is 2. The average Bonchev–Trinajstić information content (AvgIpc) is 3.07. The number of piperazine rings is 1. The summed E-state index contributed by atoms with van der Waals surface area (Å²) in [4.78, 5) is 26.0. The van der Waals surface area contributed by atoms with Gasteiger partial charge in [-0.25, -0.2) is 9.97 Å². The topological polar surface area (TPSA) is 79.2 Å². The first-order valence-corrected chi connectivity index (χ1v) is 10.0. The van der Waals surface area contributed by atoms with Crippen molar-refractivity contribution in [2.75, 3.05) is 44.2 Å². The van der Waals surface area contributed by atoms with E-state index in [1.807, 2.05) is 25.1 Å². The fourth-order valence-electron chi connectivity index (χ4n) is 4.18. The molecule has 4 heterocycles. The van der Waals surface area contributed by atoms with Crippen LogP contribution in [0, 0.1) is 12.8 Å². The van der Waals surface area contributed by atoms with Crippen LogP contribution < -0.4 is 10.2 Å². The van der Waals surface area contributed by atoms with Gasteiger partial charge in [0.2, 0.25) is 5.91 Å². The predicted octanol–water partition coefficient (Wildman–Crippen LogP) is 1.94. The molecule has 2 aromatic heterocycles. The second-order valence-corrected chi connectivity index (χ2v) is 7.70. The highest BCUT2D eigenvalue weighted by molar-refractivity contribution is 5.87. The van der Waals surface area contributed by atoms with Crippen molar-refractivity contribution in [3.8, 4) is 0 Å². The van der Waals surface area contributed by atoms with Crippen LogP contribution in [0.5, 0.6) is 0 Å². The molecular formula is C19H31Cl2N7O. The number of hydrogen-bond donors (Lipinski definition) is 1. The molecule has 0 spiro atoms. The minimum Gasteiger partial charge on any atom is -0.352 e. The SMILES string of the molecule is Cc1nc(N2CCN(C(=O)CCC3CCNCC3)CC2)c2cnn(C)c2n1.Cl.Cl. The molecule has 29 heavy (non-hydrogen) atoms. The Bertz CT molecular complexity index is 814. The number of piperidine rings is 1. The first kappa shape index (κ1) is 23.6. The summed E-state index contributed by atoms with van der Waals surface area (Å²) in [5, 5.41) is 8.69. The number of rotatable bonds is 4. The lowest BCUT2D eigenvalue weighted by atomic mass is 9.93. The van der Waals surface area contributed by atoms with Crippen molar-refractivity contribution in [3.63, 3.8) is 0 Å². The van der Waals surface area contributed by atoms with Crippen molar-refractivity contribution in [1.29, 1.82) is 0 Å². The van der Waals surface area contributed by atoms with Crippen LogP contribution in [0.25, 0.3) is 11.0 Å². The second kappa shape index (κ2) is 10.4. The molecule has 4 rings (SSSR count). The lowest BCUT2D eigenvalue weighted by Gasteiger charge is -2.36. The number of amides is 1. The monoisotopic (exact) mass is 443 g/mol. The maximum atomic E-state index is 12.6. The number of carbonyl (C=O) groups excluding carboxylic acids is 1. The largest absolute Gasteiger partial charge is 0.352 e. The number of nitrogens with one attached hydrogen (secondary N) is 1. The summed E-state index contributed by atoms with van der Waals surface area (Å²) in [5.41, 5.74) is 0.859. The third kappa shape index (κ3) is 5.29. The summed E-state index contributed by atoms with van der Waals surface area (Å²) >= 11 is 0. The molecule has 2 aliphatic heterocycles. The van der Waals surface area contributed by atoms with Gasteiger partial charge in [-0.05, 0) is 45.2 Å². The van der Waals surface area contributed by atoms with Crippen LogP contribution in [0.4, 0.5) is 5.82 Å². The Kier molecular flexibility index (Phi) is 8.48. The van der Waals surface area contributed by atoms with Gasteiger partial charge < -0.3 is 15.1 Å². The van der Waals surface area contributed by atoms with Gasteiger partial charge in [0, 0.05) is 39.6 Å². The van der Waals surface area contributed by atoms with E-state index in [1.165, 1.54) is 12.8 Å². The molecule has 162 valence electrons. The molecule has 0 aliphatic carbocycles. The maximum absolute atomic E-state index is 12.6. The molecule has 2 saturated heterocycles. The number of aromatic nitrogens is 4. The minimum atomic E-state index is 0. The van der Waals surface area contributed by atoms with Crippen LogP contribution in [-0.4, -0.2) is 69.8 Å². The van der Waals surface area contributed by atoms with Gasteiger partial charge in [0.15, 0.2) is 5.65 Å². The molecule has 10 heteroatoms. The zero-order valence-electron chi connectivity index (χ0n) is 17.1. The van der Waals surface area contributed by atoms with E-state index in [0.717, 1.165) is 68.4 Å². The van der Waals surface area contributed by atoms with Crippen molar-refractivity contribution in [2.24, 2.45) is 13.0 Å². The Morgan fingerprint density at radius 1 is 1.14 bits per heavy atom. The number of hydrogen-bond acceptors (Lipinski definition) is 6. The zero-order chi connectivity index (χ0) is 18.8. The molecule has 0 unspecified atom stereocenters. The quantitative estimate of drug-likeness (QED) is 0.777. The number of fused-ring (bicyclic) bond motifs is 1. The van der Waals surface area contributed by atoms with Crippen molar-refractivity contribution in [1.82, 2.24) is 30.0 Å². The van der Waals surface area contributed by atoms with Gasteiger partial charge in [0.1, 0.15) is 11.6 Å². The summed E-state index contributed by atoms with van der Waals surface area (Å²) in [6.45, 7) is 7.23. The van der Waals surface area contributed by atoms with Crippen molar-refractivity contribution < 1.29 is 4.79 Å². The molecule has 2 aliphatic rings. The fourth-order valence-corrected chi connectivity index (χ4v) is 4.18. The fraction of sp³-hybridized carbons (Fsp3) is 0.684. The van der Waals surface area contributed by atoms with Gasteiger partial charge in [-0.3, -0.25) is 9.48 Å². The normalized spacial score (nSPS) is 17.7. The summed E-state index contributed by atoms with van der Waals surface area (Å²) in [6, 6.07) is 0. The number of aryl methyl sites for hydroxylation is 2. The molecule has 0 bridgehead atoms. The summed E-state index contributed by atoms with van der Waals surface area (Å²) in [6.07, 6.45) is 5.96. The molecule has 0 atom stereocenters. The van der Waals surface area contributed by atoms with Gasteiger partial charge >= 0.3 is 0 Å². The van der Waals surface area contributed by atoms with Gasteiger partial charge in [-0.1, -0.05) is 0 Å². The van der Waals surface area contributed by atoms with Crippen LogP contribution in [0.1, 0.15) is 31.5 Å². The van der Waals surface area contributed by atoms with E-state index in [4.69, 9.17) is 0 Å². The molecule has 8 nitrogen and oxygen atoms in total. The lowest BCUT2D eigenvalue weighted by Crippen LogP contribution is -2.49. The number of nitrogens with zero attached hydrogens (tertiary/aromatic N) is 6. The Morgan fingerprint density at radius 2 is 1.83 bits per heavy atom. The highest BCUT2D eigenvalue weighted by Crippen LogP contribution is 2.25. The van der Waals surface area contributed by atoms with E-state index in [1.54, 1.807) is 4.68 Å². The van der Waals surface area contributed by atoms with E-state index >= 15 is 0 Å². The Balaban J connectivity index is 0.00000150. The maximum Gasteiger partial charge on any atom is 0.222 e. The first-order valence-electron chi connectivity index (χ1n) is 10.0. The van der Waals surface area contributed by atoms with Crippen LogP contribution in [0.3, 0.4) is 0 Å². The second-order valence-electron chi connectivity index (χ2n) is 7.70. The zero-order valence-corrected chi connectivity index (χ0v) is 18.8. The predicted molar refractivity (Wildman–Crippen MR) is 119 cm³/mol. The molecule has 1 N–H and O–H groups in total. The van der Waals surface area contributed by atoms with E-state index in [2.05, 4.69) is 25.3 Å². The van der Waals surface area contributed by atoms with E-state index in [9.17, 15) is 4.79 Å². The molecule has 0 radical (unpaired) electrons. The highest BCUT2D eigenvalue weighted by Gasteiger charge is 2.25. The minimum absolute atomic E-state index is 0. The summed E-state index contributed by atoms with van der Waals surface area (Å²) in [5.74, 6) is 2.70. The molecular weight excluding hydrogens is 413 g/mol. The molecule has 0 saturated carbocycles. The number of carbonyl (C=O) groups is 1. The Labute approximate surface area is 184 Å². The summed E-state index contributed by atoms with van der Waals surface area (Å²) in [7, 11) is 1.90. The average molecular weight is 444 g/mol. The van der Waals surface area contributed by atoms with E-state index in [-0.39, 0.29) is 24.8 Å². The third-order valence-electron chi connectivity index (χ3n) is 5.84. The van der Waals surface area contributed by atoms with E-state index < -0.39 is 0 Å². The van der Waals surface area contributed by atoms with E-state index in [0.29, 0.717) is 18.2 Å². The first-order chi connectivity index (χ1) is 13.1. The summed E-state index contributed by atoms with van der Waals surface area (Å²) < 4.78 is 1.79. The van der Waals surface area contributed by atoms with Gasteiger partial charge in [0.25, 0.3) is 0 Å². The third-order valence-corrected chi connectivity index (χ3v) is 5.84. The van der Waals surface area contributed by atoms with Crippen LogP contribution >= 0.6 is 24.8 Å². The Hall–Kier alpha value is -1.64. The van der Waals surface area contributed by atoms with Crippen molar-refractivity contribution in [3.05, 3.63) is 12.0 Å². The van der Waals surface area contributed by atoms with Gasteiger partial charge in [0.05, 0.1) is 11.6 Å². The van der Waals surface area contributed by atoms with Crippen LogP contribution in [0.15, 0.2) is 6.20 Å². The van der Waals surface area contributed by atoms with Crippen LogP contribution in [-0.2, 0) is 11.8 Å². The molecule has 2 fully saturated rings. The Morgan fingerprint density at radius 3 is 2.52 bits per heavy atom. The molecule has 2 aromatic rings. The van der Waals surface area contributed by atoms with Gasteiger partial charge in [-0.15, -0.1) is 24.8 Å².